The third-order valence-corrected chi connectivity index (χ3v) is 1.87. The van der Waals surface area contributed by atoms with Gasteiger partial charge < -0.3 is 5.73 Å². The average molecular weight is 174 g/mol. The third kappa shape index (κ3) is 2.89. The molecule has 0 fully saturated rings. The molecule has 1 heterocycles. The van der Waals surface area contributed by atoms with Crippen LogP contribution in [0.4, 0.5) is 0 Å². The Balaban J connectivity index is 2.83. The molecule has 0 saturated heterocycles. The molecular weight excluding hydrogens is 160 g/mol. The fourth-order valence-electron chi connectivity index (χ4n) is 0.867. The van der Waals surface area contributed by atoms with Crippen molar-refractivity contribution in [1.82, 2.24) is 4.98 Å². The molecule has 1 unspecified atom stereocenters. The highest BCUT2D eigenvalue weighted by molar-refractivity contribution is 5.38. The Kier molecular flexibility index (Phi) is 3.48. The highest BCUT2D eigenvalue weighted by atomic mass is 14.6. The summed E-state index contributed by atoms with van der Waals surface area (Å²) in [6.45, 7) is 4.04. The Bertz CT molecular complexity index is 333. The lowest BCUT2D eigenvalue weighted by molar-refractivity contribution is 0.806. The van der Waals surface area contributed by atoms with Crippen molar-refractivity contribution in [3.8, 4) is 11.8 Å². The molecule has 13 heavy (non-hydrogen) atoms. The van der Waals surface area contributed by atoms with Crippen molar-refractivity contribution in [2.45, 2.75) is 26.3 Å². The first kappa shape index (κ1) is 9.76. The van der Waals surface area contributed by atoms with Gasteiger partial charge in [-0.2, -0.15) is 0 Å². The molecule has 1 aromatic heterocycles. The lowest BCUT2D eigenvalue weighted by Crippen LogP contribution is -2.15. The van der Waals surface area contributed by atoms with Gasteiger partial charge in [-0.25, -0.2) is 0 Å². The lowest BCUT2D eigenvalue weighted by atomic mass is 10.1. The second kappa shape index (κ2) is 4.64. The molecule has 0 amide bonds. The lowest BCUT2D eigenvalue weighted by Gasteiger charge is -1.97. The number of nitrogens with zero attached hydrogens (tertiary/aromatic N) is 1. The van der Waals surface area contributed by atoms with Crippen molar-refractivity contribution in [1.29, 1.82) is 0 Å². The van der Waals surface area contributed by atoms with Crippen LogP contribution in [0.15, 0.2) is 18.5 Å². The molecule has 68 valence electrons. The zero-order chi connectivity index (χ0) is 9.68. The number of aryl methyl sites for hydroxylation is 1. The predicted molar refractivity (Wildman–Crippen MR) is 54.1 cm³/mol. The maximum atomic E-state index is 5.68. The molecule has 0 saturated carbocycles. The normalized spacial score (nSPS) is 11.6. The summed E-state index contributed by atoms with van der Waals surface area (Å²) < 4.78 is 0. The largest absolute Gasteiger partial charge is 0.318 e. The van der Waals surface area contributed by atoms with Crippen molar-refractivity contribution in [3.05, 3.63) is 29.6 Å². The topological polar surface area (TPSA) is 38.9 Å². The van der Waals surface area contributed by atoms with Crippen LogP contribution in [-0.4, -0.2) is 11.0 Å². The Hall–Kier alpha value is -1.33. The Morgan fingerprint density at radius 2 is 2.38 bits per heavy atom. The van der Waals surface area contributed by atoms with E-state index >= 15 is 0 Å². The molecule has 0 aliphatic rings. The van der Waals surface area contributed by atoms with E-state index < -0.39 is 0 Å². The first-order valence-corrected chi connectivity index (χ1v) is 4.41. The molecule has 2 heteroatoms. The Labute approximate surface area is 79.2 Å². The van der Waals surface area contributed by atoms with Gasteiger partial charge in [0, 0.05) is 18.0 Å². The summed E-state index contributed by atoms with van der Waals surface area (Å²) in [5, 5.41) is 0. The smallest absolute Gasteiger partial charge is 0.0665 e. The van der Waals surface area contributed by atoms with Gasteiger partial charge in [-0.3, -0.25) is 4.98 Å². The molecule has 2 N–H and O–H groups in total. The minimum Gasteiger partial charge on any atom is -0.318 e. The number of hydrogen-bond acceptors (Lipinski definition) is 2. The van der Waals surface area contributed by atoms with Gasteiger partial charge in [-0.1, -0.05) is 18.8 Å². The number of nitrogens with two attached hydrogens (primary N) is 1. The van der Waals surface area contributed by atoms with E-state index in [1.165, 1.54) is 0 Å². The molecule has 0 radical (unpaired) electrons. The Morgan fingerprint density at radius 1 is 1.62 bits per heavy atom. The van der Waals surface area contributed by atoms with Gasteiger partial charge in [0.15, 0.2) is 0 Å². The molecule has 0 aliphatic carbocycles. The van der Waals surface area contributed by atoms with Crippen LogP contribution in [0, 0.1) is 18.8 Å². The van der Waals surface area contributed by atoms with Crippen LogP contribution in [0.5, 0.6) is 0 Å². The van der Waals surface area contributed by atoms with Crippen molar-refractivity contribution in [3.63, 3.8) is 0 Å². The van der Waals surface area contributed by atoms with E-state index in [0.29, 0.717) is 0 Å². The summed E-state index contributed by atoms with van der Waals surface area (Å²) in [6, 6.07) is 1.92. The number of pyridine rings is 1. The van der Waals surface area contributed by atoms with Crippen LogP contribution in [0.25, 0.3) is 0 Å². The highest BCUT2D eigenvalue weighted by Gasteiger charge is 1.93. The van der Waals surface area contributed by atoms with Crippen LogP contribution in [-0.2, 0) is 0 Å². The van der Waals surface area contributed by atoms with Crippen molar-refractivity contribution in [2.75, 3.05) is 0 Å². The van der Waals surface area contributed by atoms with Crippen LogP contribution in [0.2, 0.25) is 0 Å². The van der Waals surface area contributed by atoms with Gasteiger partial charge in [0.2, 0.25) is 0 Å². The van der Waals surface area contributed by atoms with Gasteiger partial charge in [0.1, 0.15) is 0 Å². The molecular formula is C11H14N2. The number of hydrogen-bond donors (Lipinski definition) is 1. The summed E-state index contributed by atoms with van der Waals surface area (Å²) in [5.74, 6) is 6.00. The van der Waals surface area contributed by atoms with Gasteiger partial charge in [-0.05, 0) is 25.0 Å². The predicted octanol–water partition coefficient (Wildman–Crippen LogP) is 1.48. The standard InChI is InChI=1S/C11H14N2/c1-3-11(12)5-4-10-8-13-7-6-9(10)2/h6-8,11H,3,12H2,1-2H3. The van der Waals surface area contributed by atoms with Gasteiger partial charge in [-0.15, -0.1) is 0 Å². The number of aromatic nitrogens is 1. The van der Waals surface area contributed by atoms with Crippen molar-refractivity contribution < 1.29 is 0 Å². The maximum absolute atomic E-state index is 5.68. The van der Waals surface area contributed by atoms with E-state index in [1.54, 1.807) is 12.4 Å². The first-order valence-electron chi connectivity index (χ1n) is 4.41. The molecule has 0 bridgehead atoms. The monoisotopic (exact) mass is 174 g/mol. The number of rotatable bonds is 1. The van der Waals surface area contributed by atoms with E-state index in [9.17, 15) is 0 Å². The summed E-state index contributed by atoms with van der Waals surface area (Å²) in [4.78, 5) is 4.01. The van der Waals surface area contributed by atoms with Crippen LogP contribution >= 0.6 is 0 Å². The van der Waals surface area contributed by atoms with E-state index in [2.05, 4.69) is 16.8 Å². The third-order valence-electron chi connectivity index (χ3n) is 1.87. The first-order chi connectivity index (χ1) is 6.24. The SMILES string of the molecule is CCC(N)C#Cc1cnccc1C. The minimum atomic E-state index is -0.0281. The van der Waals surface area contributed by atoms with Crippen LogP contribution < -0.4 is 5.73 Å². The molecule has 0 aromatic carbocycles. The molecule has 2 nitrogen and oxygen atoms in total. The zero-order valence-corrected chi connectivity index (χ0v) is 8.04. The molecule has 0 aliphatic heterocycles. The van der Waals surface area contributed by atoms with E-state index in [1.807, 2.05) is 19.9 Å². The molecule has 1 rings (SSSR count). The Morgan fingerprint density at radius 3 is 3.00 bits per heavy atom. The van der Waals surface area contributed by atoms with Crippen LogP contribution in [0.3, 0.4) is 0 Å². The van der Waals surface area contributed by atoms with E-state index in [4.69, 9.17) is 5.73 Å². The average Bonchev–Trinajstić information content (AvgIpc) is 2.16. The second-order valence-corrected chi connectivity index (χ2v) is 2.97. The van der Waals surface area contributed by atoms with E-state index in [0.717, 1.165) is 17.5 Å². The van der Waals surface area contributed by atoms with Gasteiger partial charge in [0.05, 0.1) is 6.04 Å². The summed E-state index contributed by atoms with van der Waals surface area (Å²) in [7, 11) is 0. The van der Waals surface area contributed by atoms with Gasteiger partial charge >= 0.3 is 0 Å². The fourth-order valence-corrected chi connectivity index (χ4v) is 0.867. The van der Waals surface area contributed by atoms with Crippen molar-refractivity contribution >= 4 is 0 Å². The molecule has 1 atom stereocenters. The fraction of sp³-hybridized carbons (Fsp3) is 0.364. The van der Waals surface area contributed by atoms with Crippen LogP contribution in [0.1, 0.15) is 24.5 Å². The molecule has 1 aromatic rings. The second-order valence-electron chi connectivity index (χ2n) is 2.97. The van der Waals surface area contributed by atoms with E-state index in [-0.39, 0.29) is 6.04 Å². The quantitative estimate of drug-likeness (QED) is 0.655. The van der Waals surface area contributed by atoms with Gasteiger partial charge in [0.25, 0.3) is 0 Å². The highest BCUT2D eigenvalue weighted by Crippen LogP contribution is 2.02. The summed E-state index contributed by atoms with van der Waals surface area (Å²) >= 11 is 0. The summed E-state index contributed by atoms with van der Waals surface area (Å²) in [5.41, 5.74) is 7.79. The molecule has 0 spiro atoms. The van der Waals surface area contributed by atoms with Crippen molar-refractivity contribution in [2.24, 2.45) is 5.73 Å². The minimum absolute atomic E-state index is 0.0281. The summed E-state index contributed by atoms with van der Waals surface area (Å²) in [6.07, 6.45) is 4.41. The zero-order valence-electron chi connectivity index (χ0n) is 8.04. The maximum Gasteiger partial charge on any atom is 0.0665 e.